The Morgan fingerprint density at radius 2 is 1.72 bits per heavy atom. The second-order valence-electron chi connectivity index (χ2n) is 6.61. The summed E-state index contributed by atoms with van der Waals surface area (Å²) < 4.78 is 1.77. The van der Waals surface area contributed by atoms with Crippen LogP contribution >= 0.6 is 11.8 Å². The molecule has 4 rings (SSSR count). The third kappa shape index (κ3) is 4.38. The van der Waals surface area contributed by atoms with Crippen molar-refractivity contribution < 1.29 is 4.79 Å². The van der Waals surface area contributed by atoms with Crippen molar-refractivity contribution in [2.75, 3.05) is 5.32 Å². The smallest absolute Gasteiger partial charge is 0.257 e. The topological polar surface area (TPSA) is 59.8 Å². The molecular weight excluding hydrogens is 380 g/mol. The van der Waals surface area contributed by atoms with Crippen LogP contribution in [0.1, 0.15) is 21.7 Å². The largest absolute Gasteiger partial charge is 0.321 e. The minimum absolute atomic E-state index is 0.196. The van der Waals surface area contributed by atoms with Gasteiger partial charge < -0.3 is 5.32 Å². The van der Waals surface area contributed by atoms with Gasteiger partial charge in [-0.25, -0.2) is 9.67 Å². The van der Waals surface area contributed by atoms with Crippen molar-refractivity contribution in [1.82, 2.24) is 14.8 Å². The molecule has 0 radical (unpaired) electrons. The molecule has 0 fully saturated rings. The Bertz CT molecular complexity index is 1140. The van der Waals surface area contributed by atoms with Crippen LogP contribution in [-0.4, -0.2) is 20.7 Å². The Hall–Kier alpha value is -3.38. The van der Waals surface area contributed by atoms with Gasteiger partial charge in [0.15, 0.2) is 5.82 Å². The summed E-state index contributed by atoms with van der Waals surface area (Å²) in [6.07, 6.45) is 1.58. The SMILES string of the molecule is Cc1cc(C)n(-c2ccc(C(=O)Nc3ccccc3Sc3ccccc3)cn2)n1. The van der Waals surface area contributed by atoms with Crippen molar-refractivity contribution in [3.05, 3.63) is 95.9 Å². The molecule has 0 saturated heterocycles. The van der Waals surface area contributed by atoms with E-state index in [1.807, 2.05) is 74.5 Å². The third-order valence-electron chi connectivity index (χ3n) is 4.34. The van der Waals surface area contributed by atoms with Gasteiger partial charge in [-0.1, -0.05) is 42.1 Å². The summed E-state index contributed by atoms with van der Waals surface area (Å²) >= 11 is 1.61. The number of carbonyl (C=O) groups is 1. The normalized spacial score (nSPS) is 10.7. The van der Waals surface area contributed by atoms with Gasteiger partial charge in [0, 0.05) is 21.7 Å². The molecule has 0 aliphatic rings. The summed E-state index contributed by atoms with van der Waals surface area (Å²) in [6, 6.07) is 23.4. The van der Waals surface area contributed by atoms with Crippen LogP contribution in [0, 0.1) is 13.8 Å². The second-order valence-corrected chi connectivity index (χ2v) is 7.72. The van der Waals surface area contributed by atoms with Crippen LogP contribution in [0.3, 0.4) is 0 Å². The zero-order valence-corrected chi connectivity index (χ0v) is 17.0. The number of carbonyl (C=O) groups excluding carboxylic acids is 1. The van der Waals surface area contributed by atoms with E-state index in [-0.39, 0.29) is 5.91 Å². The lowest BCUT2D eigenvalue weighted by atomic mass is 10.2. The predicted octanol–water partition coefficient (Wildman–Crippen LogP) is 5.29. The number of amides is 1. The van der Waals surface area contributed by atoms with Crippen LogP contribution in [0.5, 0.6) is 0 Å². The van der Waals surface area contributed by atoms with Gasteiger partial charge in [0.2, 0.25) is 0 Å². The monoisotopic (exact) mass is 400 g/mol. The Kier molecular flexibility index (Phi) is 5.44. The van der Waals surface area contributed by atoms with Crippen molar-refractivity contribution in [1.29, 1.82) is 0 Å². The summed E-state index contributed by atoms with van der Waals surface area (Å²) in [5.74, 6) is 0.491. The fraction of sp³-hybridized carbons (Fsp3) is 0.0870. The third-order valence-corrected chi connectivity index (χ3v) is 5.43. The van der Waals surface area contributed by atoms with Gasteiger partial charge >= 0.3 is 0 Å². The fourth-order valence-corrected chi connectivity index (χ4v) is 3.90. The number of aryl methyl sites for hydroxylation is 2. The lowest BCUT2D eigenvalue weighted by Gasteiger charge is -2.11. The molecule has 5 nitrogen and oxygen atoms in total. The first-order valence-corrected chi connectivity index (χ1v) is 10.0. The molecule has 1 N–H and O–H groups in total. The molecule has 144 valence electrons. The lowest BCUT2D eigenvalue weighted by Crippen LogP contribution is -2.13. The summed E-state index contributed by atoms with van der Waals surface area (Å²) in [5, 5.41) is 7.42. The molecule has 4 aromatic rings. The van der Waals surface area contributed by atoms with Crippen molar-refractivity contribution in [3.63, 3.8) is 0 Å². The molecule has 0 unspecified atom stereocenters. The maximum absolute atomic E-state index is 12.8. The molecule has 0 aliphatic carbocycles. The quantitative estimate of drug-likeness (QED) is 0.495. The molecule has 2 aromatic carbocycles. The highest BCUT2D eigenvalue weighted by atomic mass is 32.2. The van der Waals surface area contributed by atoms with E-state index < -0.39 is 0 Å². The first-order valence-electron chi connectivity index (χ1n) is 9.23. The second kappa shape index (κ2) is 8.32. The van der Waals surface area contributed by atoms with Crippen LogP contribution in [0.4, 0.5) is 5.69 Å². The zero-order chi connectivity index (χ0) is 20.2. The zero-order valence-electron chi connectivity index (χ0n) is 16.2. The average Bonchev–Trinajstić information content (AvgIpc) is 3.08. The molecule has 6 heteroatoms. The molecule has 29 heavy (non-hydrogen) atoms. The minimum atomic E-state index is -0.196. The van der Waals surface area contributed by atoms with Gasteiger partial charge in [-0.05, 0) is 56.3 Å². The Balaban J connectivity index is 1.52. The highest BCUT2D eigenvalue weighted by molar-refractivity contribution is 7.99. The van der Waals surface area contributed by atoms with Gasteiger partial charge in [0.05, 0.1) is 16.9 Å². The van der Waals surface area contributed by atoms with E-state index in [0.29, 0.717) is 11.4 Å². The molecule has 2 heterocycles. The van der Waals surface area contributed by atoms with Gasteiger partial charge in [-0.2, -0.15) is 5.10 Å². The standard InChI is InChI=1S/C23H20N4OS/c1-16-14-17(2)27(26-16)22-13-12-18(15-24-22)23(28)25-20-10-6-7-11-21(20)29-19-8-4-3-5-9-19/h3-15H,1-2H3,(H,25,28). The summed E-state index contributed by atoms with van der Waals surface area (Å²) in [5.41, 5.74) is 3.20. The number of nitrogens with one attached hydrogen (secondary N) is 1. The van der Waals surface area contributed by atoms with Gasteiger partial charge in [0.25, 0.3) is 5.91 Å². The highest BCUT2D eigenvalue weighted by Crippen LogP contribution is 2.33. The van der Waals surface area contributed by atoms with E-state index in [4.69, 9.17) is 0 Å². The van der Waals surface area contributed by atoms with E-state index >= 15 is 0 Å². The Morgan fingerprint density at radius 3 is 2.41 bits per heavy atom. The predicted molar refractivity (Wildman–Crippen MR) is 116 cm³/mol. The number of pyridine rings is 1. The van der Waals surface area contributed by atoms with E-state index in [2.05, 4.69) is 15.4 Å². The van der Waals surface area contributed by atoms with E-state index in [9.17, 15) is 4.79 Å². The maximum Gasteiger partial charge on any atom is 0.257 e. The molecule has 0 atom stereocenters. The first kappa shape index (κ1) is 19.0. The number of anilines is 1. The lowest BCUT2D eigenvalue weighted by molar-refractivity contribution is 0.102. The first-order chi connectivity index (χ1) is 14.1. The molecule has 0 spiro atoms. The molecule has 0 aliphatic heterocycles. The number of hydrogen-bond acceptors (Lipinski definition) is 4. The molecule has 0 bridgehead atoms. The van der Waals surface area contributed by atoms with Gasteiger partial charge in [-0.15, -0.1) is 0 Å². The van der Waals surface area contributed by atoms with E-state index in [1.54, 1.807) is 34.8 Å². The van der Waals surface area contributed by atoms with Crippen molar-refractivity contribution in [2.45, 2.75) is 23.6 Å². The number of rotatable bonds is 5. The Labute approximate surface area is 173 Å². The maximum atomic E-state index is 12.8. The fourth-order valence-electron chi connectivity index (χ4n) is 2.98. The summed E-state index contributed by atoms with van der Waals surface area (Å²) in [6.45, 7) is 3.92. The number of benzene rings is 2. The molecule has 1 amide bonds. The van der Waals surface area contributed by atoms with Crippen LogP contribution in [0.15, 0.2) is 88.8 Å². The summed E-state index contributed by atoms with van der Waals surface area (Å²) in [7, 11) is 0. The van der Waals surface area contributed by atoms with Gasteiger partial charge in [0.1, 0.15) is 0 Å². The van der Waals surface area contributed by atoms with Crippen LogP contribution < -0.4 is 5.32 Å². The van der Waals surface area contributed by atoms with E-state index in [1.165, 1.54) is 0 Å². The number of hydrogen-bond donors (Lipinski definition) is 1. The van der Waals surface area contributed by atoms with Crippen LogP contribution in [-0.2, 0) is 0 Å². The van der Waals surface area contributed by atoms with Crippen molar-refractivity contribution in [2.24, 2.45) is 0 Å². The average molecular weight is 401 g/mol. The van der Waals surface area contributed by atoms with Crippen LogP contribution in [0.2, 0.25) is 0 Å². The Morgan fingerprint density at radius 1 is 0.966 bits per heavy atom. The van der Waals surface area contributed by atoms with Crippen LogP contribution in [0.25, 0.3) is 5.82 Å². The molecular formula is C23H20N4OS. The highest BCUT2D eigenvalue weighted by Gasteiger charge is 2.12. The summed E-state index contributed by atoms with van der Waals surface area (Å²) in [4.78, 5) is 19.3. The van der Waals surface area contributed by atoms with E-state index in [0.717, 1.165) is 26.9 Å². The van der Waals surface area contributed by atoms with Gasteiger partial charge in [-0.3, -0.25) is 4.79 Å². The molecule has 2 aromatic heterocycles. The minimum Gasteiger partial charge on any atom is -0.321 e. The van der Waals surface area contributed by atoms with Crippen molar-refractivity contribution >= 4 is 23.4 Å². The molecule has 0 saturated carbocycles. The van der Waals surface area contributed by atoms with Crippen molar-refractivity contribution in [3.8, 4) is 5.82 Å². The number of nitrogens with zero attached hydrogens (tertiary/aromatic N) is 3. The number of para-hydroxylation sites is 1. The number of aromatic nitrogens is 3.